The lowest BCUT2D eigenvalue weighted by atomic mass is 10.1. The van der Waals surface area contributed by atoms with Gasteiger partial charge in [0.1, 0.15) is 10.6 Å². The van der Waals surface area contributed by atoms with Gasteiger partial charge in [-0.15, -0.1) is 0 Å². The molecule has 4 rings (SSSR count). The lowest BCUT2D eigenvalue weighted by Crippen LogP contribution is -2.55. The molecule has 2 aliphatic heterocycles. The van der Waals surface area contributed by atoms with Crippen LogP contribution in [-0.2, 0) is 19.7 Å². The van der Waals surface area contributed by atoms with Crippen LogP contribution in [0.4, 0.5) is 5.69 Å². The molecule has 0 radical (unpaired) electrons. The molecule has 0 spiro atoms. The zero-order chi connectivity index (χ0) is 22.2. The SMILES string of the molecule is COc1ccc(C)cc1S(=O)(=O)[C@H]1CS(=O)(=O)C[C@@H]1N1CCN(c2ccccc2)CC1. The van der Waals surface area contributed by atoms with Gasteiger partial charge in [0.25, 0.3) is 0 Å². The van der Waals surface area contributed by atoms with Crippen LogP contribution in [0.2, 0.25) is 0 Å². The van der Waals surface area contributed by atoms with E-state index in [0.29, 0.717) is 13.1 Å². The van der Waals surface area contributed by atoms with E-state index in [4.69, 9.17) is 4.74 Å². The summed E-state index contributed by atoms with van der Waals surface area (Å²) in [5.74, 6) is -0.227. The molecule has 2 aromatic rings. The smallest absolute Gasteiger partial charge is 0.187 e. The molecule has 2 aromatic carbocycles. The molecule has 2 fully saturated rings. The quantitative estimate of drug-likeness (QED) is 0.667. The minimum Gasteiger partial charge on any atom is -0.495 e. The first kappa shape index (κ1) is 22.1. The van der Waals surface area contributed by atoms with Crippen LogP contribution in [0.3, 0.4) is 0 Å². The fraction of sp³-hybridized carbons (Fsp3) is 0.455. The van der Waals surface area contributed by atoms with Gasteiger partial charge in [-0.1, -0.05) is 24.3 Å². The van der Waals surface area contributed by atoms with E-state index in [1.54, 1.807) is 18.2 Å². The highest BCUT2D eigenvalue weighted by Crippen LogP contribution is 2.34. The van der Waals surface area contributed by atoms with Gasteiger partial charge in [0.15, 0.2) is 19.7 Å². The van der Waals surface area contributed by atoms with Crippen molar-refractivity contribution in [3.8, 4) is 5.75 Å². The molecule has 9 heteroatoms. The molecule has 2 aliphatic rings. The predicted molar refractivity (Wildman–Crippen MR) is 121 cm³/mol. The molecule has 0 aromatic heterocycles. The molecule has 0 N–H and O–H groups in total. The molecule has 0 bridgehead atoms. The van der Waals surface area contributed by atoms with Crippen LogP contribution < -0.4 is 9.64 Å². The number of aryl methyl sites for hydroxylation is 1. The number of rotatable bonds is 5. The van der Waals surface area contributed by atoms with Gasteiger partial charge in [-0.05, 0) is 36.8 Å². The summed E-state index contributed by atoms with van der Waals surface area (Å²) >= 11 is 0. The van der Waals surface area contributed by atoms with E-state index in [1.807, 2.05) is 42.2 Å². The topological polar surface area (TPSA) is 84.0 Å². The number of anilines is 1. The van der Waals surface area contributed by atoms with E-state index in [-0.39, 0.29) is 22.2 Å². The van der Waals surface area contributed by atoms with Crippen molar-refractivity contribution < 1.29 is 21.6 Å². The lowest BCUT2D eigenvalue weighted by molar-refractivity contribution is 0.201. The summed E-state index contributed by atoms with van der Waals surface area (Å²) in [5, 5.41) is -1.00. The third-order valence-electron chi connectivity index (χ3n) is 6.20. The summed E-state index contributed by atoms with van der Waals surface area (Å²) in [6.07, 6.45) is 0. The first-order valence-corrected chi connectivity index (χ1v) is 13.7. The predicted octanol–water partition coefficient (Wildman–Crippen LogP) is 1.77. The Hall–Kier alpha value is -2.10. The molecule has 0 aliphatic carbocycles. The number of piperazine rings is 1. The van der Waals surface area contributed by atoms with Crippen LogP contribution in [0.5, 0.6) is 5.75 Å². The van der Waals surface area contributed by atoms with Crippen molar-refractivity contribution in [2.75, 3.05) is 49.7 Å². The molecule has 31 heavy (non-hydrogen) atoms. The van der Waals surface area contributed by atoms with Crippen molar-refractivity contribution in [3.63, 3.8) is 0 Å². The number of ether oxygens (including phenoxy) is 1. The second kappa shape index (κ2) is 8.44. The number of nitrogens with zero attached hydrogens (tertiary/aromatic N) is 2. The van der Waals surface area contributed by atoms with Gasteiger partial charge in [0, 0.05) is 37.9 Å². The fourth-order valence-electron chi connectivity index (χ4n) is 4.55. The molecular weight excluding hydrogens is 436 g/mol. The van der Waals surface area contributed by atoms with Crippen LogP contribution in [0, 0.1) is 6.92 Å². The van der Waals surface area contributed by atoms with E-state index in [2.05, 4.69) is 4.90 Å². The van der Waals surface area contributed by atoms with Crippen LogP contribution in [0.1, 0.15) is 5.56 Å². The van der Waals surface area contributed by atoms with Crippen LogP contribution in [0.25, 0.3) is 0 Å². The molecule has 2 heterocycles. The maximum atomic E-state index is 13.6. The van der Waals surface area contributed by atoms with E-state index >= 15 is 0 Å². The molecule has 0 amide bonds. The summed E-state index contributed by atoms with van der Waals surface area (Å²) in [7, 11) is -5.93. The fourth-order valence-corrected chi connectivity index (χ4v) is 9.63. The summed E-state index contributed by atoms with van der Waals surface area (Å²) in [5.41, 5.74) is 1.91. The third-order valence-corrected chi connectivity index (χ3v) is 10.3. The second-order valence-corrected chi connectivity index (χ2v) is 12.5. The number of hydrogen-bond acceptors (Lipinski definition) is 7. The highest BCUT2D eigenvalue weighted by atomic mass is 32.2. The summed E-state index contributed by atoms with van der Waals surface area (Å²) in [6, 6.07) is 14.5. The second-order valence-electron chi connectivity index (χ2n) is 8.24. The van der Waals surface area contributed by atoms with Crippen molar-refractivity contribution >= 4 is 25.4 Å². The van der Waals surface area contributed by atoms with E-state index < -0.39 is 31.0 Å². The van der Waals surface area contributed by atoms with Crippen LogP contribution in [0.15, 0.2) is 53.4 Å². The van der Waals surface area contributed by atoms with Crippen molar-refractivity contribution in [1.82, 2.24) is 4.90 Å². The molecule has 7 nitrogen and oxygen atoms in total. The lowest BCUT2D eigenvalue weighted by Gasteiger charge is -2.40. The third kappa shape index (κ3) is 4.44. The molecule has 0 saturated carbocycles. The molecule has 2 saturated heterocycles. The van der Waals surface area contributed by atoms with E-state index in [0.717, 1.165) is 24.3 Å². The zero-order valence-corrected chi connectivity index (χ0v) is 19.4. The van der Waals surface area contributed by atoms with Gasteiger partial charge in [0.2, 0.25) is 0 Å². The maximum Gasteiger partial charge on any atom is 0.187 e. The van der Waals surface area contributed by atoms with Crippen LogP contribution in [-0.4, -0.2) is 77.8 Å². The first-order chi connectivity index (χ1) is 14.7. The Kier molecular flexibility index (Phi) is 6.02. The Morgan fingerprint density at radius 1 is 0.968 bits per heavy atom. The number of sulfone groups is 2. The summed E-state index contributed by atoms with van der Waals surface area (Å²) < 4.78 is 57.6. The Morgan fingerprint density at radius 2 is 1.65 bits per heavy atom. The number of benzene rings is 2. The van der Waals surface area contributed by atoms with Crippen molar-refractivity contribution in [2.24, 2.45) is 0 Å². The average Bonchev–Trinajstić information content (AvgIpc) is 3.11. The molecular formula is C22H28N2O5S2. The van der Waals surface area contributed by atoms with E-state index in [9.17, 15) is 16.8 Å². The Labute approximate surface area is 184 Å². The van der Waals surface area contributed by atoms with Gasteiger partial charge in [-0.3, -0.25) is 4.90 Å². The molecule has 2 atom stereocenters. The van der Waals surface area contributed by atoms with Crippen molar-refractivity contribution in [3.05, 3.63) is 54.1 Å². The van der Waals surface area contributed by atoms with Gasteiger partial charge < -0.3 is 9.64 Å². The molecule has 168 valence electrons. The Morgan fingerprint density at radius 3 is 2.29 bits per heavy atom. The van der Waals surface area contributed by atoms with Gasteiger partial charge >= 0.3 is 0 Å². The van der Waals surface area contributed by atoms with Gasteiger partial charge in [-0.2, -0.15) is 0 Å². The number of hydrogen-bond donors (Lipinski definition) is 0. The normalized spacial score (nSPS) is 24.3. The highest BCUT2D eigenvalue weighted by molar-refractivity contribution is 7.96. The standard InChI is InChI=1S/C22H28N2O5S2/c1-17-8-9-20(29-2)21(14-17)31(27,28)22-16-30(25,26)15-19(22)24-12-10-23(11-13-24)18-6-4-3-5-7-18/h3-9,14,19,22H,10-13,15-16H2,1-2H3/t19-,22-/m0/s1. The van der Waals surface area contributed by atoms with E-state index in [1.165, 1.54) is 7.11 Å². The average molecular weight is 465 g/mol. The van der Waals surface area contributed by atoms with Gasteiger partial charge in [-0.25, -0.2) is 16.8 Å². The zero-order valence-electron chi connectivity index (χ0n) is 17.8. The minimum absolute atomic E-state index is 0.0741. The first-order valence-electron chi connectivity index (χ1n) is 10.3. The Balaban J connectivity index is 1.60. The van der Waals surface area contributed by atoms with Crippen LogP contribution >= 0.6 is 0 Å². The van der Waals surface area contributed by atoms with Crippen molar-refractivity contribution in [2.45, 2.75) is 23.1 Å². The maximum absolute atomic E-state index is 13.6. The van der Waals surface area contributed by atoms with Crippen molar-refractivity contribution in [1.29, 1.82) is 0 Å². The molecule has 0 unspecified atom stereocenters. The summed E-state index contributed by atoms with van der Waals surface area (Å²) in [6.45, 7) is 4.49. The summed E-state index contributed by atoms with van der Waals surface area (Å²) in [4.78, 5) is 4.35. The largest absolute Gasteiger partial charge is 0.495 e. The minimum atomic E-state index is -3.90. The Bertz CT molecular complexity index is 1140. The number of para-hydroxylation sites is 1. The van der Waals surface area contributed by atoms with Gasteiger partial charge in [0.05, 0.1) is 23.9 Å². The monoisotopic (exact) mass is 464 g/mol. The highest BCUT2D eigenvalue weighted by Gasteiger charge is 2.49. The number of methoxy groups -OCH3 is 1.